The molecule has 1 saturated carbocycles. The van der Waals surface area contributed by atoms with Crippen molar-refractivity contribution >= 4 is 23.5 Å². The van der Waals surface area contributed by atoms with Gasteiger partial charge >= 0.3 is 12.3 Å². The summed E-state index contributed by atoms with van der Waals surface area (Å²) in [5, 5.41) is 14.7. The third-order valence-electron chi connectivity index (χ3n) is 7.45. The first-order valence-electron chi connectivity index (χ1n) is 14.8. The summed E-state index contributed by atoms with van der Waals surface area (Å²) >= 11 is 0. The van der Waals surface area contributed by atoms with E-state index in [0.717, 1.165) is 11.6 Å². The molecule has 1 aliphatic carbocycles. The number of anilines is 1. The summed E-state index contributed by atoms with van der Waals surface area (Å²) in [7, 11) is 0. The maximum absolute atomic E-state index is 12.7. The third-order valence-corrected chi connectivity index (χ3v) is 7.45. The van der Waals surface area contributed by atoms with E-state index in [9.17, 15) is 32.7 Å². The van der Waals surface area contributed by atoms with Crippen LogP contribution >= 0.6 is 0 Å². The van der Waals surface area contributed by atoms with Crippen LogP contribution in [0.5, 0.6) is 23.0 Å². The van der Waals surface area contributed by atoms with Crippen LogP contribution in [0.4, 0.5) is 18.9 Å². The van der Waals surface area contributed by atoms with Crippen LogP contribution in [0, 0.1) is 0 Å². The smallest absolute Gasteiger partial charge is 0.490 e. The fraction of sp³-hybridized carbons (Fsp3) is 0.229. The number of nitrogens with one attached hydrogen (secondary N) is 2. The molecule has 4 aromatic carbocycles. The molecule has 0 aromatic heterocycles. The van der Waals surface area contributed by atoms with Gasteiger partial charge in [0.1, 0.15) is 23.0 Å². The number of carboxylic acid groups (broad SMARTS) is 1. The molecule has 0 heterocycles. The van der Waals surface area contributed by atoms with Crippen LogP contribution in [0.25, 0.3) is 0 Å². The van der Waals surface area contributed by atoms with Gasteiger partial charge in [0, 0.05) is 6.04 Å². The van der Waals surface area contributed by atoms with Gasteiger partial charge in [-0.3, -0.25) is 9.59 Å². The highest BCUT2D eigenvalue weighted by molar-refractivity contribution is 6.01. The van der Waals surface area contributed by atoms with E-state index in [2.05, 4.69) is 15.4 Å². The average molecular weight is 649 g/mol. The van der Waals surface area contributed by atoms with Crippen molar-refractivity contribution < 1.29 is 46.9 Å². The summed E-state index contributed by atoms with van der Waals surface area (Å²) in [4.78, 5) is 36.5. The highest BCUT2D eigenvalue weighted by atomic mass is 19.4. The van der Waals surface area contributed by atoms with Crippen LogP contribution in [-0.4, -0.2) is 41.4 Å². The van der Waals surface area contributed by atoms with Gasteiger partial charge in [-0.05, 0) is 91.9 Å². The lowest BCUT2D eigenvalue weighted by molar-refractivity contribution is -0.274. The van der Waals surface area contributed by atoms with Crippen LogP contribution in [-0.2, 0) is 11.2 Å². The zero-order chi connectivity index (χ0) is 33.4. The number of aromatic carboxylic acids is 1. The van der Waals surface area contributed by atoms with E-state index < -0.39 is 24.0 Å². The van der Waals surface area contributed by atoms with Gasteiger partial charge in [0.15, 0.2) is 0 Å². The second-order valence-electron chi connectivity index (χ2n) is 10.9. The van der Waals surface area contributed by atoms with Gasteiger partial charge in [-0.15, -0.1) is 13.2 Å². The Morgan fingerprint density at radius 1 is 0.745 bits per heavy atom. The number of alkyl halides is 3. The van der Waals surface area contributed by atoms with Crippen molar-refractivity contribution in [2.75, 3.05) is 5.32 Å². The van der Waals surface area contributed by atoms with Crippen LogP contribution in [0.3, 0.4) is 0 Å². The summed E-state index contributed by atoms with van der Waals surface area (Å²) in [6.45, 7) is 0. The Hall–Kier alpha value is -5.52. The second kappa shape index (κ2) is 14.7. The number of carbonyl (C=O) groups is 3. The number of hydrogen-bond donors (Lipinski definition) is 3. The Morgan fingerprint density at radius 2 is 1.32 bits per heavy atom. The number of rotatable bonds is 11. The second-order valence-corrected chi connectivity index (χ2v) is 10.9. The molecular weight excluding hydrogens is 617 g/mol. The molecular formula is C35H31F3N2O7. The van der Waals surface area contributed by atoms with E-state index in [1.165, 1.54) is 30.3 Å². The predicted molar refractivity (Wildman–Crippen MR) is 166 cm³/mol. The molecule has 0 aliphatic heterocycles. The number of carbonyl (C=O) groups excluding carboxylic acids is 2. The van der Waals surface area contributed by atoms with E-state index >= 15 is 0 Å². The summed E-state index contributed by atoms with van der Waals surface area (Å²) in [6.07, 6.45) is -2.41. The minimum atomic E-state index is -4.90. The molecule has 0 bridgehead atoms. The lowest BCUT2D eigenvalue weighted by Crippen LogP contribution is -2.40. The monoisotopic (exact) mass is 648 g/mol. The maximum Gasteiger partial charge on any atom is 0.573 e. The first kappa shape index (κ1) is 32.9. The van der Waals surface area contributed by atoms with Crippen molar-refractivity contribution in [3.05, 3.63) is 114 Å². The Balaban J connectivity index is 1.06. The summed E-state index contributed by atoms with van der Waals surface area (Å²) in [5.74, 6) is -0.844. The quantitative estimate of drug-likeness (QED) is 0.155. The molecule has 4 aromatic rings. The Bertz CT molecular complexity index is 1700. The molecule has 0 radical (unpaired) electrons. The van der Waals surface area contributed by atoms with Crippen LogP contribution in [0.15, 0.2) is 97.1 Å². The van der Waals surface area contributed by atoms with Gasteiger partial charge in [-0.1, -0.05) is 36.4 Å². The molecule has 0 spiro atoms. The molecule has 0 unspecified atom stereocenters. The summed E-state index contributed by atoms with van der Waals surface area (Å²) in [5.41, 5.74) is 0.796. The molecule has 1 fully saturated rings. The van der Waals surface area contributed by atoms with Gasteiger partial charge in [-0.2, -0.15) is 0 Å². The van der Waals surface area contributed by atoms with Gasteiger partial charge in [-0.25, -0.2) is 4.79 Å². The van der Waals surface area contributed by atoms with Crippen LogP contribution < -0.4 is 24.8 Å². The van der Waals surface area contributed by atoms with E-state index in [0.29, 0.717) is 42.9 Å². The first-order valence-corrected chi connectivity index (χ1v) is 14.8. The molecule has 244 valence electrons. The number of carboxylic acids is 1. The average Bonchev–Trinajstić information content (AvgIpc) is 3.03. The predicted octanol–water partition coefficient (Wildman–Crippen LogP) is 7.38. The molecule has 47 heavy (non-hydrogen) atoms. The highest BCUT2D eigenvalue weighted by Gasteiger charge is 2.33. The van der Waals surface area contributed by atoms with Crippen LogP contribution in [0.2, 0.25) is 0 Å². The molecule has 9 nitrogen and oxygen atoms in total. The SMILES string of the molecule is O=C(Cc1ccc(Oc2ccc(OC3CCC(NC(=O)c4ccccc4OC(F)(F)F)CC3)cc2)cc1)Nc1ccccc1C(=O)O. The number of ether oxygens (including phenoxy) is 3. The lowest BCUT2D eigenvalue weighted by Gasteiger charge is -2.29. The molecule has 2 amide bonds. The maximum atomic E-state index is 12.7. The number of hydrogen-bond acceptors (Lipinski definition) is 6. The Kier molecular flexibility index (Phi) is 10.3. The van der Waals surface area contributed by atoms with E-state index in [4.69, 9.17) is 9.47 Å². The molecule has 3 N–H and O–H groups in total. The number of amides is 2. The summed E-state index contributed by atoms with van der Waals surface area (Å²) in [6, 6.07) is 25.3. The minimum Gasteiger partial charge on any atom is -0.490 e. The Morgan fingerprint density at radius 3 is 1.96 bits per heavy atom. The number of halogens is 3. The zero-order valence-electron chi connectivity index (χ0n) is 25.0. The molecule has 12 heteroatoms. The molecule has 5 rings (SSSR count). The number of para-hydroxylation sites is 2. The van der Waals surface area contributed by atoms with Gasteiger partial charge in [0.2, 0.25) is 5.91 Å². The Labute approximate surface area is 268 Å². The minimum absolute atomic E-state index is 0.0144. The van der Waals surface area contributed by atoms with E-state index in [1.807, 2.05) is 0 Å². The normalized spacial score (nSPS) is 16.1. The van der Waals surface area contributed by atoms with Crippen molar-refractivity contribution in [2.24, 2.45) is 0 Å². The van der Waals surface area contributed by atoms with Gasteiger partial charge < -0.3 is 30.0 Å². The fourth-order valence-electron chi connectivity index (χ4n) is 5.20. The lowest BCUT2D eigenvalue weighted by atomic mass is 9.92. The fourth-order valence-corrected chi connectivity index (χ4v) is 5.20. The molecule has 1 aliphatic rings. The van der Waals surface area contributed by atoms with E-state index in [-0.39, 0.29) is 41.3 Å². The third kappa shape index (κ3) is 9.49. The van der Waals surface area contributed by atoms with Gasteiger partial charge in [0.05, 0.1) is 29.3 Å². The van der Waals surface area contributed by atoms with E-state index in [1.54, 1.807) is 60.7 Å². The van der Waals surface area contributed by atoms with Crippen molar-refractivity contribution in [1.82, 2.24) is 5.32 Å². The standard InChI is InChI=1S/C35H31F3N2O7/c36-35(37,38)47-31-8-4-2-6-29(31)33(42)39-23-11-15-25(16-12-23)46-27-19-17-26(18-20-27)45-24-13-9-22(10-14-24)21-32(41)40-30-7-3-1-5-28(30)34(43)44/h1-10,13-14,17-20,23,25H,11-12,15-16,21H2,(H,39,42)(H,40,41)(H,43,44). The number of benzene rings is 4. The van der Waals surface area contributed by atoms with Crippen molar-refractivity contribution in [1.29, 1.82) is 0 Å². The van der Waals surface area contributed by atoms with Crippen molar-refractivity contribution in [2.45, 2.75) is 50.6 Å². The summed E-state index contributed by atoms with van der Waals surface area (Å²) < 4.78 is 54.1. The molecule has 0 atom stereocenters. The van der Waals surface area contributed by atoms with Crippen molar-refractivity contribution in [3.8, 4) is 23.0 Å². The van der Waals surface area contributed by atoms with Gasteiger partial charge in [0.25, 0.3) is 5.91 Å². The topological polar surface area (TPSA) is 123 Å². The first-order chi connectivity index (χ1) is 22.5. The highest BCUT2D eigenvalue weighted by Crippen LogP contribution is 2.29. The largest absolute Gasteiger partial charge is 0.573 e. The van der Waals surface area contributed by atoms with Crippen LogP contribution in [0.1, 0.15) is 52.0 Å². The molecule has 0 saturated heterocycles. The zero-order valence-corrected chi connectivity index (χ0v) is 25.0. The van der Waals surface area contributed by atoms with Crippen molar-refractivity contribution in [3.63, 3.8) is 0 Å².